The fourth-order valence-electron chi connectivity index (χ4n) is 2.60. The predicted molar refractivity (Wildman–Crippen MR) is 99.4 cm³/mol. The molecule has 0 unspecified atom stereocenters. The summed E-state index contributed by atoms with van der Waals surface area (Å²) in [6.07, 6.45) is 0. The van der Waals surface area contributed by atoms with Gasteiger partial charge in [-0.2, -0.15) is 0 Å². The summed E-state index contributed by atoms with van der Waals surface area (Å²) in [6, 6.07) is 17.9. The van der Waals surface area contributed by atoms with Crippen molar-refractivity contribution in [1.82, 2.24) is 4.98 Å². The number of amides is 1. The van der Waals surface area contributed by atoms with Gasteiger partial charge in [0.1, 0.15) is 16.6 Å². The maximum Gasteiger partial charge on any atom is 0.258 e. The Bertz CT molecular complexity index is 1090. The minimum atomic E-state index is -0.898. The van der Waals surface area contributed by atoms with Gasteiger partial charge in [-0.3, -0.25) is 4.79 Å². The molecule has 0 radical (unpaired) electrons. The predicted octanol–water partition coefficient (Wildman–Crippen LogP) is 5.49. The number of anilines is 1. The third kappa shape index (κ3) is 3.19. The van der Waals surface area contributed by atoms with E-state index in [1.54, 1.807) is 29.5 Å². The number of rotatable bonds is 3. The molecule has 1 aromatic heterocycles. The van der Waals surface area contributed by atoms with E-state index in [1.165, 1.54) is 0 Å². The smallest absolute Gasteiger partial charge is 0.258 e. The lowest BCUT2D eigenvalue weighted by atomic mass is 10.1. The van der Waals surface area contributed by atoms with Gasteiger partial charge in [-0.1, -0.05) is 24.3 Å². The molecule has 0 aliphatic heterocycles. The van der Waals surface area contributed by atoms with Gasteiger partial charge < -0.3 is 5.32 Å². The lowest BCUT2D eigenvalue weighted by Crippen LogP contribution is -2.13. The molecule has 0 fully saturated rings. The van der Waals surface area contributed by atoms with Gasteiger partial charge in [0.05, 0.1) is 15.8 Å². The Morgan fingerprint density at radius 1 is 0.962 bits per heavy atom. The number of nitrogens with zero attached hydrogens (tertiary/aromatic N) is 1. The van der Waals surface area contributed by atoms with Gasteiger partial charge in [-0.05, 0) is 36.4 Å². The average Bonchev–Trinajstić information content (AvgIpc) is 3.06. The maximum absolute atomic E-state index is 13.8. The number of halogens is 2. The van der Waals surface area contributed by atoms with Crippen LogP contribution in [0.2, 0.25) is 0 Å². The largest absolute Gasteiger partial charge is 0.322 e. The van der Waals surface area contributed by atoms with E-state index in [0.29, 0.717) is 11.8 Å². The summed E-state index contributed by atoms with van der Waals surface area (Å²) in [5.74, 6) is -2.26. The molecule has 1 heterocycles. The van der Waals surface area contributed by atoms with Gasteiger partial charge in [0.25, 0.3) is 5.91 Å². The molecule has 128 valence electrons. The normalized spacial score (nSPS) is 10.8. The summed E-state index contributed by atoms with van der Waals surface area (Å²) in [6.45, 7) is 0. The molecule has 4 rings (SSSR count). The zero-order chi connectivity index (χ0) is 18.1. The van der Waals surface area contributed by atoms with Crippen LogP contribution in [0.5, 0.6) is 0 Å². The number of hydrogen-bond donors (Lipinski definition) is 1. The number of thiazole rings is 1. The molecule has 3 nitrogen and oxygen atoms in total. The zero-order valence-corrected chi connectivity index (χ0v) is 14.2. The van der Waals surface area contributed by atoms with Gasteiger partial charge in [0.15, 0.2) is 0 Å². The number of fused-ring (bicyclic) bond motifs is 1. The number of nitrogens with one attached hydrogen (secondary N) is 1. The number of hydrogen-bond acceptors (Lipinski definition) is 3. The first-order chi connectivity index (χ1) is 12.6. The Balaban J connectivity index is 1.62. The van der Waals surface area contributed by atoms with Crippen molar-refractivity contribution >= 4 is 33.1 Å². The zero-order valence-electron chi connectivity index (χ0n) is 13.4. The van der Waals surface area contributed by atoms with Crippen LogP contribution in [0.3, 0.4) is 0 Å². The molecule has 0 bridgehead atoms. The van der Waals surface area contributed by atoms with Crippen LogP contribution in [0.1, 0.15) is 10.4 Å². The molecule has 1 N–H and O–H groups in total. The molecule has 1 amide bonds. The summed E-state index contributed by atoms with van der Waals surface area (Å²) >= 11 is 1.55. The fourth-order valence-corrected chi connectivity index (χ4v) is 3.56. The monoisotopic (exact) mass is 366 g/mol. The van der Waals surface area contributed by atoms with Crippen LogP contribution in [0.25, 0.3) is 20.8 Å². The Labute approximate surface area is 151 Å². The van der Waals surface area contributed by atoms with Crippen molar-refractivity contribution in [2.24, 2.45) is 0 Å². The van der Waals surface area contributed by atoms with E-state index in [1.807, 2.05) is 30.3 Å². The van der Waals surface area contributed by atoms with Gasteiger partial charge >= 0.3 is 0 Å². The van der Waals surface area contributed by atoms with E-state index in [2.05, 4.69) is 10.3 Å². The molecule has 0 aliphatic rings. The van der Waals surface area contributed by atoms with Gasteiger partial charge in [-0.25, -0.2) is 13.8 Å². The molecule has 6 heteroatoms. The van der Waals surface area contributed by atoms with Gasteiger partial charge in [0.2, 0.25) is 0 Å². The molecule has 0 saturated heterocycles. The molecule has 0 atom stereocenters. The van der Waals surface area contributed by atoms with Gasteiger partial charge in [-0.15, -0.1) is 11.3 Å². The lowest BCUT2D eigenvalue weighted by molar-refractivity contribution is 0.102. The number of carbonyl (C=O) groups excluding carboxylic acids is 1. The molecule has 26 heavy (non-hydrogen) atoms. The molecule has 3 aromatic carbocycles. The summed E-state index contributed by atoms with van der Waals surface area (Å²) in [5.41, 5.74) is 2.06. The van der Waals surface area contributed by atoms with Crippen molar-refractivity contribution < 1.29 is 13.6 Å². The molecule has 0 spiro atoms. The standard InChI is InChI=1S/C20H12F2N2OS/c21-13-8-9-15(16(22)11-13)19(25)23-14-5-3-4-12(10-14)20-24-17-6-1-2-7-18(17)26-20/h1-11H,(H,23,25). The van der Waals surface area contributed by atoms with Crippen molar-refractivity contribution in [2.75, 3.05) is 5.32 Å². The summed E-state index contributed by atoms with van der Waals surface area (Å²) in [7, 11) is 0. The van der Waals surface area contributed by atoms with E-state index >= 15 is 0 Å². The average molecular weight is 366 g/mol. The second kappa shape index (κ2) is 6.65. The second-order valence-corrected chi connectivity index (χ2v) is 6.68. The third-order valence-corrected chi connectivity index (χ3v) is 4.92. The number of benzene rings is 3. The van der Waals surface area contributed by atoms with E-state index in [4.69, 9.17) is 0 Å². The van der Waals surface area contributed by atoms with E-state index in [0.717, 1.165) is 32.9 Å². The van der Waals surface area contributed by atoms with Crippen LogP contribution < -0.4 is 5.32 Å². The van der Waals surface area contributed by atoms with Crippen LogP contribution in [0.15, 0.2) is 66.7 Å². The SMILES string of the molecule is O=C(Nc1cccc(-c2nc3ccccc3s2)c1)c1ccc(F)cc1F. The summed E-state index contributed by atoms with van der Waals surface area (Å²) in [5, 5.41) is 3.47. The highest BCUT2D eigenvalue weighted by Crippen LogP contribution is 2.31. The fraction of sp³-hybridized carbons (Fsp3) is 0. The highest BCUT2D eigenvalue weighted by molar-refractivity contribution is 7.21. The van der Waals surface area contributed by atoms with Crippen LogP contribution >= 0.6 is 11.3 Å². The van der Waals surface area contributed by atoms with Crippen LogP contribution in [-0.2, 0) is 0 Å². The minimum absolute atomic E-state index is 0.211. The highest BCUT2D eigenvalue weighted by atomic mass is 32.1. The van der Waals surface area contributed by atoms with Crippen LogP contribution in [0.4, 0.5) is 14.5 Å². The first kappa shape index (κ1) is 16.4. The van der Waals surface area contributed by atoms with E-state index in [9.17, 15) is 13.6 Å². The quantitative estimate of drug-likeness (QED) is 0.521. The maximum atomic E-state index is 13.8. The van der Waals surface area contributed by atoms with Crippen molar-refractivity contribution in [1.29, 1.82) is 0 Å². The molecular formula is C20H12F2N2OS. The highest BCUT2D eigenvalue weighted by Gasteiger charge is 2.13. The lowest BCUT2D eigenvalue weighted by Gasteiger charge is -2.07. The molecule has 4 aromatic rings. The first-order valence-electron chi connectivity index (χ1n) is 7.82. The first-order valence-corrected chi connectivity index (χ1v) is 8.64. The minimum Gasteiger partial charge on any atom is -0.322 e. The Kier molecular flexibility index (Phi) is 4.18. The van der Waals surface area contributed by atoms with E-state index in [-0.39, 0.29) is 5.56 Å². The molecular weight excluding hydrogens is 354 g/mol. The number of aromatic nitrogens is 1. The second-order valence-electron chi connectivity index (χ2n) is 5.65. The Morgan fingerprint density at radius 3 is 2.62 bits per heavy atom. The number of para-hydroxylation sites is 1. The van der Waals surface area contributed by atoms with Crippen molar-refractivity contribution in [3.63, 3.8) is 0 Å². The molecule has 0 aliphatic carbocycles. The van der Waals surface area contributed by atoms with Crippen molar-refractivity contribution in [3.8, 4) is 10.6 Å². The van der Waals surface area contributed by atoms with Crippen LogP contribution in [-0.4, -0.2) is 10.9 Å². The van der Waals surface area contributed by atoms with Crippen molar-refractivity contribution in [3.05, 3.63) is 83.9 Å². The Hall–Kier alpha value is -3.12. The topological polar surface area (TPSA) is 42.0 Å². The summed E-state index contributed by atoms with van der Waals surface area (Å²) < 4.78 is 27.8. The van der Waals surface area contributed by atoms with Crippen LogP contribution in [0, 0.1) is 11.6 Å². The Morgan fingerprint density at radius 2 is 1.81 bits per heavy atom. The molecule has 0 saturated carbocycles. The number of carbonyl (C=O) groups is 1. The van der Waals surface area contributed by atoms with Gasteiger partial charge in [0, 0.05) is 17.3 Å². The van der Waals surface area contributed by atoms with Crippen molar-refractivity contribution in [2.45, 2.75) is 0 Å². The summed E-state index contributed by atoms with van der Waals surface area (Å²) in [4.78, 5) is 16.8. The third-order valence-electron chi connectivity index (χ3n) is 3.84. The van der Waals surface area contributed by atoms with E-state index < -0.39 is 17.5 Å².